The fraction of sp³-hybridized carbons (Fsp3) is 0.400. The third kappa shape index (κ3) is 6.05. The molecule has 28 heavy (non-hydrogen) atoms. The fourth-order valence-electron chi connectivity index (χ4n) is 3.03. The van der Waals surface area contributed by atoms with Crippen molar-refractivity contribution in [1.82, 2.24) is 0 Å². The molecule has 2 rings (SSSR count). The van der Waals surface area contributed by atoms with Crippen LogP contribution in [0.5, 0.6) is 0 Å². The molecule has 0 atom stereocenters. The summed E-state index contributed by atoms with van der Waals surface area (Å²) in [6, 6.07) is 5.47. The number of rotatable bonds is 8. The first-order chi connectivity index (χ1) is 13.3. The van der Waals surface area contributed by atoms with Crippen LogP contribution in [-0.4, -0.2) is 55.1 Å². The zero-order valence-electron chi connectivity index (χ0n) is 16.8. The summed E-state index contributed by atoms with van der Waals surface area (Å²) in [4.78, 5) is 7.11. The molecule has 0 bridgehead atoms. The highest BCUT2D eigenvalue weighted by molar-refractivity contribution is 8.70. The molecule has 0 amide bonds. The summed E-state index contributed by atoms with van der Waals surface area (Å²) in [6.45, 7) is 11.7. The smallest absolute Gasteiger partial charge is 0.324 e. The number of allylic oxidation sites excluding steroid dienone is 4. The maximum absolute atomic E-state index is 11.5. The zero-order valence-corrected chi connectivity index (χ0v) is 18.4. The minimum absolute atomic E-state index is 0.403. The average molecular weight is 423 g/mol. The summed E-state index contributed by atoms with van der Waals surface area (Å²) in [5.74, 6) is 0. The Kier molecular flexibility index (Phi) is 8.03. The molecule has 0 fully saturated rings. The van der Waals surface area contributed by atoms with E-state index in [1.165, 1.54) is 0 Å². The van der Waals surface area contributed by atoms with E-state index >= 15 is 0 Å². The lowest BCUT2D eigenvalue weighted by Crippen LogP contribution is -2.21. The van der Waals surface area contributed by atoms with Crippen molar-refractivity contribution in [3.63, 3.8) is 0 Å². The predicted molar refractivity (Wildman–Crippen MR) is 119 cm³/mol. The second-order valence-corrected chi connectivity index (χ2v) is 9.36. The van der Waals surface area contributed by atoms with Crippen molar-refractivity contribution < 1.29 is 17.5 Å². The van der Waals surface area contributed by atoms with Gasteiger partial charge < -0.3 is 4.90 Å². The summed E-state index contributed by atoms with van der Waals surface area (Å²) in [5, 5.41) is 0. The summed E-state index contributed by atoms with van der Waals surface area (Å²) in [6.07, 6.45) is 7.83. The van der Waals surface area contributed by atoms with Crippen molar-refractivity contribution in [3.8, 4) is 0 Å². The van der Waals surface area contributed by atoms with Gasteiger partial charge in [-0.1, -0.05) is 0 Å². The average Bonchev–Trinajstić information content (AvgIpc) is 2.66. The maximum Gasteiger partial charge on any atom is 0.324 e. The molecule has 6 nitrogen and oxygen atoms in total. The van der Waals surface area contributed by atoms with E-state index in [0.717, 1.165) is 43.3 Å². The highest BCUT2D eigenvalue weighted by Gasteiger charge is 2.16. The fourth-order valence-corrected chi connectivity index (χ4v) is 4.70. The number of hydrogen-bond acceptors (Lipinski definition) is 5. The molecular formula is C20H28N3O3S2+. The van der Waals surface area contributed by atoms with Crippen LogP contribution in [0.1, 0.15) is 27.7 Å². The number of anilines is 1. The van der Waals surface area contributed by atoms with Crippen molar-refractivity contribution in [1.29, 1.82) is 0 Å². The molecule has 0 saturated carbocycles. The Hall–Kier alpha value is -1.90. The minimum Gasteiger partial charge on any atom is -0.372 e. The van der Waals surface area contributed by atoms with Crippen LogP contribution in [0.2, 0.25) is 0 Å². The molecule has 1 aliphatic rings. The van der Waals surface area contributed by atoms with Crippen molar-refractivity contribution >= 4 is 42.7 Å². The van der Waals surface area contributed by atoms with E-state index in [9.17, 15) is 13.0 Å². The summed E-state index contributed by atoms with van der Waals surface area (Å²) in [7, 11) is -3.83. The Labute approximate surface area is 171 Å². The van der Waals surface area contributed by atoms with Gasteiger partial charge >= 0.3 is 9.15 Å². The molecule has 0 aliphatic heterocycles. The molecule has 0 heterocycles. The molecule has 1 aromatic rings. The van der Waals surface area contributed by atoms with E-state index < -0.39 is 9.15 Å². The maximum atomic E-state index is 11.5. The summed E-state index contributed by atoms with van der Waals surface area (Å²) < 4.78 is 34.5. The van der Waals surface area contributed by atoms with Crippen LogP contribution in [0.4, 0.5) is 11.4 Å². The predicted octanol–water partition coefficient (Wildman–Crippen LogP) is 4.12. The number of hydrogen-bond donors (Lipinski definition) is 1. The highest BCUT2D eigenvalue weighted by atomic mass is 33.1. The minimum atomic E-state index is -4.24. The standard InChI is InChI=1S/C20H27N3O3S2/c1-5-22(6-2)17-11-9-16(10-12-17)21-19-14-13-18(23(7-3)8-4)15-20(19)27-28(24,25)26/h9-15H,5-8H2,1-4H3/p+1. The molecule has 0 aromatic heterocycles. The number of benzene rings is 1. The summed E-state index contributed by atoms with van der Waals surface area (Å²) >= 11 is 0. The van der Waals surface area contributed by atoms with Crippen molar-refractivity contribution in [2.24, 2.45) is 4.99 Å². The van der Waals surface area contributed by atoms with Gasteiger partial charge in [0.05, 0.1) is 16.3 Å². The summed E-state index contributed by atoms with van der Waals surface area (Å²) in [5.41, 5.74) is 3.25. The second kappa shape index (κ2) is 10.0. The SMILES string of the molecule is CCN(CC)c1ccc(N=C2C=CC(=[N+](CC)CC)C=C2)c(SS(=O)(=O)O)c1. The molecule has 0 saturated heterocycles. The van der Waals surface area contributed by atoms with Gasteiger partial charge in [-0.25, -0.2) is 9.57 Å². The zero-order chi connectivity index (χ0) is 20.7. The highest BCUT2D eigenvalue weighted by Crippen LogP contribution is 2.36. The molecule has 1 aromatic carbocycles. The molecule has 0 radical (unpaired) electrons. The monoisotopic (exact) mass is 422 g/mol. The van der Waals surface area contributed by atoms with Gasteiger partial charge in [-0.05, 0) is 58.0 Å². The third-order valence-electron chi connectivity index (χ3n) is 4.49. The Bertz CT molecular complexity index is 904. The quantitative estimate of drug-likeness (QED) is 0.295. The Morgan fingerprint density at radius 3 is 2.14 bits per heavy atom. The van der Waals surface area contributed by atoms with Crippen LogP contribution in [0, 0.1) is 0 Å². The van der Waals surface area contributed by atoms with Crippen LogP contribution in [-0.2, 0) is 9.15 Å². The first-order valence-corrected chi connectivity index (χ1v) is 12.2. The normalized spacial score (nSPS) is 13.8. The van der Waals surface area contributed by atoms with Gasteiger partial charge in [-0.3, -0.25) is 4.55 Å². The van der Waals surface area contributed by atoms with Gasteiger partial charge in [0.15, 0.2) is 5.71 Å². The van der Waals surface area contributed by atoms with Crippen molar-refractivity contribution in [3.05, 3.63) is 42.5 Å². The number of nitrogens with zero attached hydrogens (tertiary/aromatic N) is 3. The molecule has 8 heteroatoms. The van der Waals surface area contributed by atoms with Crippen molar-refractivity contribution in [2.75, 3.05) is 31.1 Å². The van der Waals surface area contributed by atoms with Gasteiger partial charge in [0, 0.05) is 41.7 Å². The Morgan fingerprint density at radius 2 is 1.64 bits per heavy atom. The van der Waals surface area contributed by atoms with E-state index in [1.54, 1.807) is 12.1 Å². The van der Waals surface area contributed by atoms with Crippen LogP contribution in [0.15, 0.2) is 52.4 Å². The van der Waals surface area contributed by atoms with Crippen LogP contribution < -0.4 is 4.90 Å². The van der Waals surface area contributed by atoms with Gasteiger partial charge in [-0.2, -0.15) is 8.42 Å². The molecule has 1 aliphatic carbocycles. The Balaban J connectivity index is 2.42. The van der Waals surface area contributed by atoms with E-state index in [1.807, 2.05) is 44.2 Å². The van der Waals surface area contributed by atoms with Crippen LogP contribution in [0.25, 0.3) is 0 Å². The first-order valence-electron chi connectivity index (χ1n) is 9.43. The Morgan fingerprint density at radius 1 is 1.04 bits per heavy atom. The van der Waals surface area contributed by atoms with Crippen molar-refractivity contribution in [2.45, 2.75) is 32.6 Å². The first kappa shape index (κ1) is 22.4. The second-order valence-electron chi connectivity index (χ2n) is 6.14. The van der Waals surface area contributed by atoms with E-state index in [-0.39, 0.29) is 0 Å². The molecular weight excluding hydrogens is 394 g/mol. The lowest BCUT2D eigenvalue weighted by Gasteiger charge is -2.22. The molecule has 0 spiro atoms. The van der Waals surface area contributed by atoms with Gasteiger partial charge in [0.25, 0.3) is 0 Å². The van der Waals surface area contributed by atoms with Gasteiger partial charge in [-0.15, -0.1) is 0 Å². The van der Waals surface area contributed by atoms with Gasteiger partial charge in [0.2, 0.25) is 0 Å². The van der Waals surface area contributed by atoms with E-state index in [0.29, 0.717) is 21.4 Å². The molecule has 152 valence electrons. The third-order valence-corrected chi connectivity index (χ3v) is 6.38. The largest absolute Gasteiger partial charge is 0.372 e. The molecule has 1 N–H and O–H groups in total. The lowest BCUT2D eigenvalue weighted by molar-refractivity contribution is -0.519. The van der Waals surface area contributed by atoms with Crippen LogP contribution >= 0.6 is 10.8 Å². The molecule has 0 unspecified atom stereocenters. The van der Waals surface area contributed by atoms with E-state index in [2.05, 4.69) is 28.3 Å². The van der Waals surface area contributed by atoms with E-state index in [4.69, 9.17) is 0 Å². The lowest BCUT2D eigenvalue weighted by atomic mass is 10.1. The number of aliphatic imine (C=N–C) groups is 1. The topological polar surface area (TPSA) is 73.0 Å². The van der Waals surface area contributed by atoms with Crippen LogP contribution in [0.3, 0.4) is 0 Å². The van der Waals surface area contributed by atoms with Gasteiger partial charge in [0.1, 0.15) is 13.1 Å².